The number of nitrogens with zero attached hydrogens (tertiary/aromatic N) is 3. The van der Waals surface area contributed by atoms with Gasteiger partial charge in [0.15, 0.2) is 0 Å². The maximum absolute atomic E-state index is 11.8. The summed E-state index contributed by atoms with van der Waals surface area (Å²) in [6, 6.07) is 4.14. The van der Waals surface area contributed by atoms with E-state index in [9.17, 15) is 4.79 Å². The first kappa shape index (κ1) is 15.2. The lowest BCUT2D eigenvalue weighted by atomic mass is 10.1. The molecule has 2 N–H and O–H groups in total. The number of aryl methyl sites for hydroxylation is 4. The Morgan fingerprint density at radius 3 is 2.83 bits per heavy atom. The number of hydrogen-bond acceptors (Lipinski definition) is 5. The molecule has 0 saturated carbocycles. The van der Waals surface area contributed by atoms with E-state index in [4.69, 9.17) is 4.42 Å². The quantitative estimate of drug-likeness (QED) is 0.704. The largest absolute Gasteiger partial charge is 0.417 e. The van der Waals surface area contributed by atoms with Crippen molar-refractivity contribution in [3.05, 3.63) is 40.9 Å². The Balaban J connectivity index is 1.55. The summed E-state index contributed by atoms with van der Waals surface area (Å²) in [5.41, 5.74) is 4.50. The van der Waals surface area contributed by atoms with Gasteiger partial charge in [-0.1, -0.05) is 6.07 Å². The molecular formula is C16H19N5O2. The Morgan fingerprint density at radius 2 is 2.09 bits per heavy atom. The molecule has 0 bridgehead atoms. The van der Waals surface area contributed by atoms with Crippen LogP contribution in [-0.4, -0.2) is 32.6 Å². The van der Waals surface area contributed by atoms with Crippen LogP contribution in [0.2, 0.25) is 0 Å². The highest BCUT2D eigenvalue weighted by molar-refractivity contribution is 5.89. The van der Waals surface area contributed by atoms with Gasteiger partial charge in [0.1, 0.15) is 5.82 Å². The fourth-order valence-electron chi connectivity index (χ4n) is 2.40. The van der Waals surface area contributed by atoms with E-state index >= 15 is 0 Å². The number of rotatable bonds is 5. The van der Waals surface area contributed by atoms with Crippen LogP contribution in [0, 0.1) is 20.8 Å². The number of fused-ring (bicyclic) bond motifs is 1. The number of aromatic nitrogens is 4. The summed E-state index contributed by atoms with van der Waals surface area (Å²) >= 11 is 0. The first-order chi connectivity index (χ1) is 11.0. The van der Waals surface area contributed by atoms with E-state index in [1.807, 2.05) is 6.07 Å². The predicted molar refractivity (Wildman–Crippen MR) is 85.3 cm³/mol. The van der Waals surface area contributed by atoms with Crippen molar-refractivity contribution >= 4 is 16.9 Å². The SMILES string of the molecule is Cc1nnc(C(=O)NCCCc2nc3c(C)c(C)ccc3[nH]2)o1. The number of imidazole rings is 1. The van der Waals surface area contributed by atoms with E-state index in [-0.39, 0.29) is 11.8 Å². The van der Waals surface area contributed by atoms with Crippen LogP contribution in [0.1, 0.15) is 39.9 Å². The van der Waals surface area contributed by atoms with Crippen molar-refractivity contribution in [2.24, 2.45) is 0 Å². The number of benzene rings is 1. The minimum atomic E-state index is -0.346. The van der Waals surface area contributed by atoms with E-state index in [2.05, 4.69) is 45.4 Å². The molecule has 1 amide bonds. The van der Waals surface area contributed by atoms with E-state index in [1.165, 1.54) is 11.1 Å². The molecule has 2 heterocycles. The van der Waals surface area contributed by atoms with Gasteiger partial charge in [0.2, 0.25) is 5.89 Å². The minimum Gasteiger partial charge on any atom is -0.417 e. The Hall–Kier alpha value is -2.70. The van der Waals surface area contributed by atoms with Gasteiger partial charge in [-0.15, -0.1) is 10.2 Å². The third-order valence-corrected chi connectivity index (χ3v) is 3.82. The molecule has 1 aromatic carbocycles. The lowest BCUT2D eigenvalue weighted by Crippen LogP contribution is -2.25. The van der Waals surface area contributed by atoms with Crippen molar-refractivity contribution in [1.29, 1.82) is 0 Å². The summed E-state index contributed by atoms with van der Waals surface area (Å²) < 4.78 is 5.07. The lowest BCUT2D eigenvalue weighted by Gasteiger charge is -2.00. The van der Waals surface area contributed by atoms with Crippen molar-refractivity contribution < 1.29 is 9.21 Å². The molecule has 0 saturated heterocycles. The third-order valence-electron chi connectivity index (χ3n) is 3.82. The second-order valence-corrected chi connectivity index (χ2v) is 5.57. The second kappa shape index (κ2) is 6.20. The number of carbonyl (C=O) groups is 1. The Bertz CT molecular complexity index is 849. The van der Waals surface area contributed by atoms with Crippen LogP contribution in [0.15, 0.2) is 16.5 Å². The van der Waals surface area contributed by atoms with Gasteiger partial charge >= 0.3 is 11.8 Å². The van der Waals surface area contributed by atoms with E-state index in [1.54, 1.807) is 6.92 Å². The molecule has 120 valence electrons. The smallest absolute Gasteiger partial charge is 0.308 e. The van der Waals surface area contributed by atoms with Gasteiger partial charge in [-0.25, -0.2) is 4.98 Å². The zero-order chi connectivity index (χ0) is 16.4. The van der Waals surface area contributed by atoms with Crippen LogP contribution in [0.25, 0.3) is 11.0 Å². The number of hydrogen-bond donors (Lipinski definition) is 2. The van der Waals surface area contributed by atoms with Crippen LogP contribution < -0.4 is 5.32 Å². The van der Waals surface area contributed by atoms with Crippen molar-refractivity contribution in [1.82, 2.24) is 25.5 Å². The van der Waals surface area contributed by atoms with Gasteiger partial charge in [-0.2, -0.15) is 0 Å². The van der Waals surface area contributed by atoms with Crippen molar-refractivity contribution in [2.75, 3.05) is 6.54 Å². The van der Waals surface area contributed by atoms with Crippen LogP contribution >= 0.6 is 0 Å². The van der Waals surface area contributed by atoms with E-state index in [0.29, 0.717) is 12.4 Å². The maximum atomic E-state index is 11.8. The van der Waals surface area contributed by atoms with Gasteiger partial charge in [0, 0.05) is 19.9 Å². The molecule has 0 aliphatic heterocycles. The molecule has 0 radical (unpaired) electrons. The molecule has 0 aliphatic carbocycles. The minimum absolute atomic E-state index is 0.00247. The van der Waals surface area contributed by atoms with Gasteiger partial charge < -0.3 is 14.7 Å². The normalized spacial score (nSPS) is 11.1. The maximum Gasteiger partial charge on any atom is 0.308 e. The highest BCUT2D eigenvalue weighted by Crippen LogP contribution is 2.19. The number of aromatic amines is 1. The molecule has 0 aliphatic rings. The molecule has 0 atom stereocenters. The van der Waals surface area contributed by atoms with Crippen LogP contribution in [0.4, 0.5) is 0 Å². The van der Waals surface area contributed by atoms with Crippen LogP contribution in [-0.2, 0) is 6.42 Å². The van der Waals surface area contributed by atoms with Gasteiger partial charge in [-0.05, 0) is 37.5 Å². The fourth-order valence-corrected chi connectivity index (χ4v) is 2.40. The highest BCUT2D eigenvalue weighted by atomic mass is 16.4. The predicted octanol–water partition coefficient (Wildman–Crippen LogP) is 2.23. The topological polar surface area (TPSA) is 96.7 Å². The summed E-state index contributed by atoms with van der Waals surface area (Å²) in [5.74, 6) is 0.957. The number of carbonyl (C=O) groups excluding carboxylic acids is 1. The number of amides is 1. The third kappa shape index (κ3) is 3.23. The molecule has 23 heavy (non-hydrogen) atoms. The Labute approximate surface area is 133 Å². The molecule has 0 unspecified atom stereocenters. The Morgan fingerprint density at radius 1 is 1.26 bits per heavy atom. The highest BCUT2D eigenvalue weighted by Gasteiger charge is 2.12. The number of nitrogens with one attached hydrogen (secondary N) is 2. The van der Waals surface area contributed by atoms with E-state index in [0.717, 1.165) is 29.7 Å². The molecular weight excluding hydrogens is 294 g/mol. The standard InChI is InChI=1S/C16H19N5O2/c1-9-6-7-12-14(10(9)2)19-13(18-12)5-4-8-17-15(22)16-21-20-11(3)23-16/h6-7H,4-5,8H2,1-3H3,(H,17,22)(H,18,19). The summed E-state index contributed by atoms with van der Waals surface area (Å²) in [5, 5.41) is 10.1. The first-order valence-corrected chi connectivity index (χ1v) is 7.57. The Kier molecular flexibility index (Phi) is 4.10. The molecule has 3 aromatic rings. The van der Waals surface area contributed by atoms with Gasteiger partial charge in [0.05, 0.1) is 11.0 Å². The second-order valence-electron chi connectivity index (χ2n) is 5.57. The van der Waals surface area contributed by atoms with Crippen molar-refractivity contribution in [2.45, 2.75) is 33.6 Å². The first-order valence-electron chi connectivity index (χ1n) is 7.57. The average molecular weight is 313 g/mol. The molecule has 0 spiro atoms. The molecule has 0 fully saturated rings. The zero-order valence-corrected chi connectivity index (χ0v) is 13.4. The van der Waals surface area contributed by atoms with Crippen LogP contribution in [0.5, 0.6) is 0 Å². The molecule has 7 nitrogen and oxygen atoms in total. The number of H-pyrrole nitrogens is 1. The molecule has 2 aromatic heterocycles. The fraction of sp³-hybridized carbons (Fsp3) is 0.375. The van der Waals surface area contributed by atoms with E-state index < -0.39 is 0 Å². The monoisotopic (exact) mass is 313 g/mol. The van der Waals surface area contributed by atoms with Crippen LogP contribution in [0.3, 0.4) is 0 Å². The summed E-state index contributed by atoms with van der Waals surface area (Å²) in [4.78, 5) is 19.7. The average Bonchev–Trinajstić information content (AvgIpc) is 3.14. The summed E-state index contributed by atoms with van der Waals surface area (Å²) in [7, 11) is 0. The van der Waals surface area contributed by atoms with Gasteiger partial charge in [-0.3, -0.25) is 4.79 Å². The molecule has 3 rings (SSSR count). The van der Waals surface area contributed by atoms with Gasteiger partial charge in [0.25, 0.3) is 0 Å². The zero-order valence-electron chi connectivity index (χ0n) is 13.4. The summed E-state index contributed by atoms with van der Waals surface area (Å²) in [6.07, 6.45) is 1.53. The molecule has 7 heteroatoms. The van der Waals surface area contributed by atoms with Crippen molar-refractivity contribution in [3.8, 4) is 0 Å². The van der Waals surface area contributed by atoms with Crippen molar-refractivity contribution in [3.63, 3.8) is 0 Å². The summed E-state index contributed by atoms with van der Waals surface area (Å²) in [6.45, 7) is 6.33. The lowest BCUT2D eigenvalue weighted by molar-refractivity contribution is 0.0917.